The van der Waals surface area contributed by atoms with Gasteiger partial charge < -0.3 is 5.73 Å². The van der Waals surface area contributed by atoms with Crippen molar-refractivity contribution >= 4 is 33.5 Å². The Labute approximate surface area is 150 Å². The first-order chi connectivity index (χ1) is 11.1. The molecule has 0 aliphatic carbocycles. The Morgan fingerprint density at radius 2 is 2.00 bits per heavy atom. The summed E-state index contributed by atoms with van der Waals surface area (Å²) in [4.78, 5) is 31.4. The molecule has 1 aliphatic rings. The summed E-state index contributed by atoms with van der Waals surface area (Å²) in [6, 6.07) is 1.15. The minimum absolute atomic E-state index is 0. The zero-order chi connectivity index (χ0) is 17.7. The van der Waals surface area contributed by atoms with Crippen molar-refractivity contribution in [3.63, 3.8) is 0 Å². The molecule has 1 aliphatic heterocycles. The van der Waals surface area contributed by atoms with E-state index in [9.17, 15) is 18.0 Å². The summed E-state index contributed by atoms with van der Waals surface area (Å²) in [5.74, 6) is 0. The van der Waals surface area contributed by atoms with Crippen LogP contribution in [0.1, 0.15) is 20.3 Å². The number of hydrogen-bond acceptors (Lipinski definition) is 6. The fourth-order valence-electron chi connectivity index (χ4n) is 2.85. The van der Waals surface area contributed by atoms with Gasteiger partial charge in [0.15, 0.2) is 0 Å². The van der Waals surface area contributed by atoms with E-state index in [1.165, 1.54) is 10.4 Å². The van der Waals surface area contributed by atoms with Gasteiger partial charge in [0.05, 0.1) is 5.39 Å². The molecule has 1 atom stereocenters. The van der Waals surface area contributed by atoms with Crippen molar-refractivity contribution in [2.75, 3.05) is 13.1 Å². The lowest BCUT2D eigenvalue weighted by atomic mass is 9.81. The SMILES string of the molecule is CC1(C)CN(S(=O)(=O)c2cnc3[nH]c(=O)[nH]c(=O)c3c2)CCC1N.Cl. The van der Waals surface area contributed by atoms with E-state index in [4.69, 9.17) is 5.73 Å². The molecule has 2 aromatic heterocycles. The van der Waals surface area contributed by atoms with Crippen LogP contribution in [-0.4, -0.2) is 46.8 Å². The molecule has 9 nitrogen and oxygen atoms in total. The number of nitrogens with two attached hydrogens (primary N) is 1. The molecule has 4 N–H and O–H groups in total. The van der Waals surface area contributed by atoms with Crippen LogP contribution in [0.2, 0.25) is 0 Å². The van der Waals surface area contributed by atoms with Gasteiger partial charge in [0.2, 0.25) is 10.0 Å². The Balaban J connectivity index is 0.00000225. The molecule has 11 heteroatoms. The minimum atomic E-state index is -3.80. The standard InChI is InChI=1S/C14H19N5O4S.ClH/c1-14(2)7-19(4-3-10(14)15)24(22,23)8-5-9-11(16-6-8)17-13(21)18-12(9)20;/h5-6,10H,3-4,7,15H2,1-2H3,(H2,16,17,18,20,21);1H. The van der Waals surface area contributed by atoms with Gasteiger partial charge in [0.1, 0.15) is 10.5 Å². The van der Waals surface area contributed by atoms with Crippen molar-refractivity contribution in [2.45, 2.75) is 31.2 Å². The summed E-state index contributed by atoms with van der Waals surface area (Å²) in [6.07, 6.45) is 1.70. The maximum absolute atomic E-state index is 12.9. The average Bonchev–Trinajstić information content (AvgIpc) is 2.49. The topological polar surface area (TPSA) is 142 Å². The van der Waals surface area contributed by atoms with E-state index in [0.717, 1.165) is 6.20 Å². The fourth-order valence-corrected chi connectivity index (χ4v) is 4.45. The molecule has 2 aromatic rings. The van der Waals surface area contributed by atoms with Crippen LogP contribution in [0.4, 0.5) is 0 Å². The van der Waals surface area contributed by atoms with Crippen LogP contribution in [0.5, 0.6) is 0 Å². The largest absolute Gasteiger partial charge is 0.327 e. The lowest BCUT2D eigenvalue weighted by Crippen LogP contribution is -2.53. The number of H-pyrrole nitrogens is 2. The van der Waals surface area contributed by atoms with Gasteiger partial charge in [-0.2, -0.15) is 4.31 Å². The van der Waals surface area contributed by atoms with Crippen LogP contribution in [0.3, 0.4) is 0 Å². The van der Waals surface area contributed by atoms with E-state index in [-0.39, 0.29) is 46.3 Å². The van der Waals surface area contributed by atoms with Gasteiger partial charge in [-0.25, -0.2) is 18.2 Å². The Morgan fingerprint density at radius 1 is 1.32 bits per heavy atom. The van der Waals surface area contributed by atoms with Crippen molar-refractivity contribution < 1.29 is 8.42 Å². The number of nitrogens with one attached hydrogen (secondary N) is 2. The van der Waals surface area contributed by atoms with Gasteiger partial charge in [0.25, 0.3) is 5.56 Å². The summed E-state index contributed by atoms with van der Waals surface area (Å²) >= 11 is 0. The summed E-state index contributed by atoms with van der Waals surface area (Å²) in [5, 5.41) is 0.0173. The van der Waals surface area contributed by atoms with E-state index in [2.05, 4.69) is 15.0 Å². The normalized spacial score (nSPS) is 21.0. The Hall–Kier alpha value is -1.75. The number of nitrogens with zero attached hydrogens (tertiary/aromatic N) is 2. The van der Waals surface area contributed by atoms with Crippen molar-refractivity contribution in [3.8, 4) is 0 Å². The monoisotopic (exact) mass is 389 g/mol. The second-order valence-electron chi connectivity index (χ2n) is 6.70. The van der Waals surface area contributed by atoms with Gasteiger partial charge in [-0.3, -0.25) is 14.8 Å². The number of aromatic amines is 2. The lowest BCUT2D eigenvalue weighted by molar-refractivity contribution is 0.155. The average molecular weight is 390 g/mol. The highest BCUT2D eigenvalue weighted by Crippen LogP contribution is 2.31. The van der Waals surface area contributed by atoms with Gasteiger partial charge in [-0.05, 0) is 17.9 Å². The Kier molecular flexibility index (Phi) is 5.11. The molecule has 0 bridgehead atoms. The van der Waals surface area contributed by atoms with Crippen molar-refractivity contribution in [1.29, 1.82) is 0 Å². The smallest absolute Gasteiger partial charge is 0.327 e. The molecule has 0 amide bonds. The zero-order valence-electron chi connectivity index (χ0n) is 13.8. The van der Waals surface area contributed by atoms with Gasteiger partial charge in [-0.15, -0.1) is 12.4 Å². The molecule has 138 valence electrons. The van der Waals surface area contributed by atoms with Crippen LogP contribution in [-0.2, 0) is 10.0 Å². The Bertz CT molecular complexity index is 1010. The third-order valence-corrected chi connectivity index (χ3v) is 6.29. The predicted octanol–water partition coefficient (Wildman–Crippen LogP) is -0.219. The number of hydrogen-bond donors (Lipinski definition) is 3. The molecule has 1 fully saturated rings. The van der Waals surface area contributed by atoms with Crippen LogP contribution in [0, 0.1) is 5.41 Å². The van der Waals surface area contributed by atoms with Gasteiger partial charge in [0, 0.05) is 25.3 Å². The van der Waals surface area contributed by atoms with Gasteiger partial charge in [-0.1, -0.05) is 13.8 Å². The van der Waals surface area contributed by atoms with Crippen molar-refractivity contribution in [1.82, 2.24) is 19.3 Å². The summed E-state index contributed by atoms with van der Waals surface area (Å²) < 4.78 is 27.1. The highest BCUT2D eigenvalue weighted by Gasteiger charge is 2.39. The number of sulfonamides is 1. The maximum atomic E-state index is 12.9. The molecule has 0 saturated carbocycles. The molecule has 0 radical (unpaired) electrons. The molecule has 1 saturated heterocycles. The molecular formula is C14H20ClN5O4S. The zero-order valence-corrected chi connectivity index (χ0v) is 15.4. The number of halogens is 1. The molecule has 25 heavy (non-hydrogen) atoms. The lowest BCUT2D eigenvalue weighted by Gasteiger charge is -2.41. The molecule has 3 rings (SSSR count). The van der Waals surface area contributed by atoms with E-state index in [0.29, 0.717) is 13.0 Å². The first-order valence-electron chi connectivity index (χ1n) is 7.49. The van der Waals surface area contributed by atoms with Crippen LogP contribution < -0.4 is 17.0 Å². The summed E-state index contributed by atoms with van der Waals surface area (Å²) in [6.45, 7) is 4.45. The number of piperidine rings is 1. The maximum Gasteiger partial charge on any atom is 0.327 e. The molecular weight excluding hydrogens is 370 g/mol. The van der Waals surface area contributed by atoms with E-state index in [1.54, 1.807) is 0 Å². The highest BCUT2D eigenvalue weighted by molar-refractivity contribution is 7.89. The van der Waals surface area contributed by atoms with E-state index < -0.39 is 21.3 Å². The van der Waals surface area contributed by atoms with Gasteiger partial charge >= 0.3 is 5.69 Å². The van der Waals surface area contributed by atoms with Crippen molar-refractivity contribution in [3.05, 3.63) is 33.1 Å². The van der Waals surface area contributed by atoms with E-state index >= 15 is 0 Å². The third-order valence-electron chi connectivity index (χ3n) is 4.48. The van der Waals surface area contributed by atoms with Crippen LogP contribution in [0.25, 0.3) is 11.0 Å². The first kappa shape index (κ1) is 19.6. The number of aromatic nitrogens is 3. The van der Waals surface area contributed by atoms with Crippen LogP contribution >= 0.6 is 12.4 Å². The molecule has 3 heterocycles. The van der Waals surface area contributed by atoms with Crippen LogP contribution in [0.15, 0.2) is 26.7 Å². The third kappa shape index (κ3) is 3.47. The summed E-state index contributed by atoms with van der Waals surface area (Å²) in [7, 11) is -3.80. The predicted molar refractivity (Wildman–Crippen MR) is 95.4 cm³/mol. The molecule has 0 aromatic carbocycles. The quantitative estimate of drug-likeness (QED) is 0.648. The number of rotatable bonds is 2. The fraction of sp³-hybridized carbons (Fsp3) is 0.500. The Morgan fingerprint density at radius 3 is 2.64 bits per heavy atom. The van der Waals surface area contributed by atoms with E-state index in [1.807, 2.05) is 13.8 Å². The first-order valence-corrected chi connectivity index (χ1v) is 8.93. The summed E-state index contributed by atoms with van der Waals surface area (Å²) in [5.41, 5.74) is 4.37. The minimum Gasteiger partial charge on any atom is -0.327 e. The second-order valence-corrected chi connectivity index (χ2v) is 8.64. The number of pyridine rings is 1. The molecule has 1 unspecified atom stereocenters. The molecule has 0 spiro atoms. The highest BCUT2D eigenvalue weighted by atomic mass is 35.5. The van der Waals surface area contributed by atoms with Crippen molar-refractivity contribution in [2.24, 2.45) is 11.1 Å². The second kappa shape index (κ2) is 6.52. The number of fused-ring (bicyclic) bond motifs is 1.